The standard InChI is InChI=1S/C13H12FN3O/c14-10-3-1-9(2-4-10)13(18)17(16)12-7-5-11(15)6-8-12/h1-8H,15-16H2. The first-order valence-corrected chi connectivity index (χ1v) is 5.28. The van der Waals surface area contributed by atoms with Gasteiger partial charge in [-0.3, -0.25) is 4.79 Å². The number of anilines is 2. The Balaban J connectivity index is 2.23. The zero-order valence-electron chi connectivity index (χ0n) is 9.51. The van der Waals surface area contributed by atoms with Crippen molar-refractivity contribution in [3.63, 3.8) is 0 Å². The number of halogens is 1. The molecule has 0 heterocycles. The second-order valence-corrected chi connectivity index (χ2v) is 3.77. The molecule has 0 saturated heterocycles. The lowest BCUT2D eigenvalue weighted by Crippen LogP contribution is -2.37. The molecule has 0 spiro atoms. The van der Waals surface area contributed by atoms with Gasteiger partial charge < -0.3 is 5.73 Å². The van der Waals surface area contributed by atoms with E-state index in [9.17, 15) is 9.18 Å². The van der Waals surface area contributed by atoms with E-state index in [4.69, 9.17) is 11.6 Å². The third kappa shape index (κ3) is 2.46. The number of hydrazine groups is 1. The highest BCUT2D eigenvalue weighted by Crippen LogP contribution is 2.16. The minimum absolute atomic E-state index is 0.315. The largest absolute Gasteiger partial charge is 0.399 e. The molecule has 0 unspecified atom stereocenters. The van der Waals surface area contributed by atoms with Crippen LogP contribution >= 0.6 is 0 Å². The van der Waals surface area contributed by atoms with Crippen LogP contribution < -0.4 is 16.6 Å². The van der Waals surface area contributed by atoms with E-state index < -0.39 is 11.7 Å². The van der Waals surface area contributed by atoms with Crippen LogP contribution in [0.25, 0.3) is 0 Å². The van der Waals surface area contributed by atoms with E-state index in [0.717, 1.165) is 5.01 Å². The smallest absolute Gasteiger partial charge is 0.272 e. The van der Waals surface area contributed by atoms with Crippen molar-refractivity contribution in [1.82, 2.24) is 0 Å². The van der Waals surface area contributed by atoms with Crippen LogP contribution in [0.5, 0.6) is 0 Å². The molecule has 2 rings (SSSR count). The van der Waals surface area contributed by atoms with E-state index in [-0.39, 0.29) is 0 Å². The van der Waals surface area contributed by atoms with Crippen LogP contribution in [0.2, 0.25) is 0 Å². The number of benzene rings is 2. The molecule has 2 aromatic rings. The first-order valence-electron chi connectivity index (χ1n) is 5.28. The average molecular weight is 245 g/mol. The van der Waals surface area contributed by atoms with Crippen molar-refractivity contribution in [2.24, 2.45) is 5.84 Å². The number of nitrogens with two attached hydrogens (primary N) is 2. The summed E-state index contributed by atoms with van der Waals surface area (Å²) >= 11 is 0. The predicted octanol–water partition coefficient (Wildman–Crippen LogP) is 1.93. The fourth-order valence-corrected chi connectivity index (χ4v) is 1.48. The summed E-state index contributed by atoms with van der Waals surface area (Å²) in [5.41, 5.74) is 6.96. The molecule has 4 N–H and O–H groups in total. The number of hydrogen-bond acceptors (Lipinski definition) is 3. The van der Waals surface area contributed by atoms with Crippen molar-refractivity contribution in [2.75, 3.05) is 10.7 Å². The first-order chi connectivity index (χ1) is 8.58. The number of amides is 1. The molecule has 2 aromatic carbocycles. The maximum atomic E-state index is 12.7. The Kier molecular flexibility index (Phi) is 3.25. The third-order valence-corrected chi connectivity index (χ3v) is 2.48. The number of hydrogen-bond donors (Lipinski definition) is 2. The summed E-state index contributed by atoms with van der Waals surface area (Å²) in [7, 11) is 0. The molecule has 0 aromatic heterocycles. The van der Waals surface area contributed by atoms with Gasteiger partial charge in [0, 0.05) is 11.3 Å². The fourth-order valence-electron chi connectivity index (χ4n) is 1.48. The van der Waals surface area contributed by atoms with Crippen molar-refractivity contribution < 1.29 is 9.18 Å². The van der Waals surface area contributed by atoms with Gasteiger partial charge >= 0.3 is 0 Å². The monoisotopic (exact) mass is 245 g/mol. The van der Waals surface area contributed by atoms with Crippen molar-refractivity contribution in [1.29, 1.82) is 0 Å². The maximum absolute atomic E-state index is 12.7. The third-order valence-electron chi connectivity index (χ3n) is 2.48. The van der Waals surface area contributed by atoms with Gasteiger partial charge in [0.15, 0.2) is 0 Å². The van der Waals surface area contributed by atoms with Crippen LogP contribution in [0.4, 0.5) is 15.8 Å². The summed E-state index contributed by atoms with van der Waals surface area (Å²) < 4.78 is 12.7. The van der Waals surface area contributed by atoms with Gasteiger partial charge in [0.25, 0.3) is 5.91 Å². The molecule has 0 atom stereocenters. The van der Waals surface area contributed by atoms with E-state index in [2.05, 4.69) is 0 Å². The molecule has 0 bridgehead atoms. The molecule has 0 fully saturated rings. The van der Waals surface area contributed by atoms with Gasteiger partial charge in [0.1, 0.15) is 5.82 Å². The summed E-state index contributed by atoms with van der Waals surface area (Å²) in [6.45, 7) is 0. The predicted molar refractivity (Wildman–Crippen MR) is 68.3 cm³/mol. The highest BCUT2D eigenvalue weighted by atomic mass is 19.1. The average Bonchev–Trinajstić information content (AvgIpc) is 2.39. The second-order valence-electron chi connectivity index (χ2n) is 3.77. The van der Waals surface area contributed by atoms with E-state index in [1.165, 1.54) is 24.3 Å². The Morgan fingerprint density at radius 2 is 1.56 bits per heavy atom. The summed E-state index contributed by atoms with van der Waals surface area (Å²) in [5, 5.41) is 0.993. The molecule has 0 aliphatic heterocycles. The minimum Gasteiger partial charge on any atom is -0.399 e. The summed E-state index contributed by atoms with van der Waals surface area (Å²) in [4.78, 5) is 12.0. The van der Waals surface area contributed by atoms with Gasteiger partial charge in [0.05, 0.1) is 5.69 Å². The Labute approximate surface area is 104 Å². The van der Waals surface area contributed by atoms with Crippen LogP contribution in [0.1, 0.15) is 10.4 Å². The molecular weight excluding hydrogens is 233 g/mol. The summed E-state index contributed by atoms with van der Waals surface area (Å²) in [5.74, 6) is 4.89. The zero-order valence-corrected chi connectivity index (χ0v) is 9.51. The van der Waals surface area contributed by atoms with E-state index >= 15 is 0 Å². The van der Waals surface area contributed by atoms with E-state index in [1.54, 1.807) is 24.3 Å². The van der Waals surface area contributed by atoms with Crippen molar-refractivity contribution >= 4 is 17.3 Å². The lowest BCUT2D eigenvalue weighted by atomic mass is 10.2. The van der Waals surface area contributed by atoms with Gasteiger partial charge in [0.2, 0.25) is 0 Å². The molecule has 4 nitrogen and oxygen atoms in total. The minimum atomic E-state index is -0.417. The van der Waals surface area contributed by atoms with Gasteiger partial charge in [-0.1, -0.05) is 0 Å². The van der Waals surface area contributed by atoms with E-state index in [0.29, 0.717) is 16.9 Å². The Morgan fingerprint density at radius 1 is 1.00 bits per heavy atom. The lowest BCUT2D eigenvalue weighted by Gasteiger charge is -2.16. The van der Waals surface area contributed by atoms with Crippen LogP contribution in [0, 0.1) is 5.82 Å². The van der Waals surface area contributed by atoms with Crippen LogP contribution in [-0.2, 0) is 0 Å². The highest BCUT2D eigenvalue weighted by molar-refractivity contribution is 6.05. The fraction of sp³-hybridized carbons (Fsp3) is 0. The molecule has 0 aliphatic rings. The SMILES string of the molecule is Nc1ccc(N(N)C(=O)c2ccc(F)cc2)cc1. The molecule has 92 valence electrons. The topological polar surface area (TPSA) is 72.3 Å². The number of nitrogens with zero attached hydrogens (tertiary/aromatic N) is 1. The number of carbonyl (C=O) groups excluding carboxylic acids is 1. The molecular formula is C13H12FN3O. The van der Waals surface area contributed by atoms with Crippen LogP contribution in [0.15, 0.2) is 48.5 Å². The Hall–Kier alpha value is -2.40. The molecule has 1 amide bonds. The summed E-state index contributed by atoms with van der Waals surface area (Å²) in [6, 6.07) is 11.8. The van der Waals surface area contributed by atoms with Crippen molar-refractivity contribution in [3.05, 3.63) is 59.9 Å². The number of nitrogen functional groups attached to an aromatic ring is 1. The lowest BCUT2D eigenvalue weighted by molar-refractivity contribution is 0.0987. The number of carbonyl (C=O) groups is 1. The van der Waals surface area contributed by atoms with Crippen LogP contribution in [0.3, 0.4) is 0 Å². The number of rotatable bonds is 2. The zero-order chi connectivity index (χ0) is 13.1. The van der Waals surface area contributed by atoms with E-state index in [1.807, 2.05) is 0 Å². The second kappa shape index (κ2) is 4.85. The van der Waals surface area contributed by atoms with Crippen molar-refractivity contribution in [3.8, 4) is 0 Å². The normalized spacial score (nSPS) is 10.1. The van der Waals surface area contributed by atoms with Gasteiger partial charge in [-0.15, -0.1) is 0 Å². The highest BCUT2D eigenvalue weighted by Gasteiger charge is 2.13. The quantitative estimate of drug-likeness (QED) is 0.367. The molecule has 5 heteroatoms. The summed E-state index contributed by atoms with van der Waals surface area (Å²) in [6.07, 6.45) is 0. The molecule has 0 aliphatic carbocycles. The molecule has 0 radical (unpaired) electrons. The van der Waals surface area contributed by atoms with Crippen molar-refractivity contribution in [2.45, 2.75) is 0 Å². The first kappa shape index (κ1) is 12.1. The van der Waals surface area contributed by atoms with Gasteiger partial charge in [-0.2, -0.15) is 0 Å². The van der Waals surface area contributed by atoms with Gasteiger partial charge in [-0.05, 0) is 48.5 Å². The molecule has 0 saturated carbocycles. The Morgan fingerprint density at radius 3 is 2.11 bits per heavy atom. The maximum Gasteiger partial charge on any atom is 0.272 e. The molecule has 18 heavy (non-hydrogen) atoms. The van der Waals surface area contributed by atoms with Gasteiger partial charge in [-0.25, -0.2) is 15.2 Å². The Bertz CT molecular complexity index is 551. The van der Waals surface area contributed by atoms with Crippen LogP contribution in [-0.4, -0.2) is 5.91 Å².